The number of nitrogens with one attached hydrogen (secondary N) is 2. The maximum absolute atomic E-state index is 13.0. The first kappa shape index (κ1) is 22.1. The number of hydrogen-bond donors (Lipinski definition) is 2. The van der Waals surface area contributed by atoms with Gasteiger partial charge in [0.2, 0.25) is 0 Å². The van der Waals surface area contributed by atoms with E-state index in [0.717, 1.165) is 23.3 Å². The largest absolute Gasteiger partial charge is 0.416 e. The third kappa shape index (κ3) is 5.97. The van der Waals surface area contributed by atoms with E-state index in [9.17, 15) is 31.1 Å². The lowest BCUT2D eigenvalue weighted by atomic mass is 10.0. The van der Waals surface area contributed by atoms with Crippen LogP contribution in [-0.2, 0) is 17.1 Å². The first-order chi connectivity index (χ1) is 14.5. The number of hydrogen-bond acceptors (Lipinski definition) is 6. The highest BCUT2D eigenvalue weighted by Crippen LogP contribution is 2.37. The quantitative estimate of drug-likeness (QED) is 0.420. The lowest BCUT2D eigenvalue weighted by Crippen LogP contribution is -2.45. The Balaban J connectivity index is 1.74. The van der Waals surface area contributed by atoms with E-state index in [4.69, 9.17) is 0 Å². The number of benzene rings is 1. The topological polar surface area (TPSA) is 96.6 Å². The fourth-order valence-electron chi connectivity index (χ4n) is 2.38. The number of aromatic nitrogens is 3. The van der Waals surface area contributed by atoms with E-state index in [2.05, 4.69) is 30.9 Å². The molecule has 1 aliphatic heterocycles. The molecule has 1 atom stereocenters. The van der Waals surface area contributed by atoms with Crippen molar-refractivity contribution in [3.63, 3.8) is 0 Å². The molecule has 1 aliphatic rings. The van der Waals surface area contributed by atoms with Gasteiger partial charge in [-0.25, -0.2) is 15.1 Å². The van der Waals surface area contributed by atoms with E-state index in [1.165, 1.54) is 12.4 Å². The Morgan fingerprint density at radius 2 is 1.74 bits per heavy atom. The van der Waals surface area contributed by atoms with Crippen LogP contribution in [0, 0.1) is 0 Å². The molecule has 1 aromatic carbocycles. The summed E-state index contributed by atoms with van der Waals surface area (Å²) in [6.45, 7) is 0.323. The van der Waals surface area contributed by atoms with Crippen molar-refractivity contribution in [2.24, 2.45) is 9.98 Å². The zero-order chi connectivity index (χ0) is 22.6. The zero-order valence-electron chi connectivity index (χ0n) is 15.3. The molecule has 31 heavy (non-hydrogen) atoms. The molecule has 2 aromatic rings. The number of aliphatic imine (C=N–C) groups is 2. The molecule has 0 aliphatic carbocycles. The molecule has 0 fully saturated rings. The number of nitrogens with zero attached hydrogens (tertiary/aromatic N) is 5. The van der Waals surface area contributed by atoms with Gasteiger partial charge in [0.15, 0.2) is 5.82 Å². The second kappa shape index (κ2) is 8.67. The van der Waals surface area contributed by atoms with Crippen LogP contribution in [0.3, 0.4) is 0 Å². The summed E-state index contributed by atoms with van der Waals surface area (Å²) in [5, 5.41) is 3.79. The smallest absolute Gasteiger partial charge is 0.288 e. The van der Waals surface area contributed by atoms with Crippen molar-refractivity contribution in [3.8, 4) is 11.4 Å². The van der Waals surface area contributed by atoms with Crippen molar-refractivity contribution >= 4 is 24.5 Å². The van der Waals surface area contributed by atoms with Gasteiger partial charge in [-0.05, 0) is 18.2 Å². The van der Waals surface area contributed by atoms with Gasteiger partial charge >= 0.3 is 12.4 Å². The van der Waals surface area contributed by atoms with Crippen LogP contribution in [-0.4, -0.2) is 45.8 Å². The average molecular weight is 445 g/mol. The number of amides is 1. The van der Waals surface area contributed by atoms with E-state index in [-0.39, 0.29) is 11.9 Å². The van der Waals surface area contributed by atoms with E-state index in [0.29, 0.717) is 18.7 Å². The van der Waals surface area contributed by atoms with Gasteiger partial charge in [0, 0.05) is 30.3 Å². The maximum atomic E-state index is 13.0. The number of hydrazine groups is 1. The summed E-state index contributed by atoms with van der Waals surface area (Å²) >= 11 is 0. The molecule has 1 amide bonds. The Bertz CT molecular complexity index is 1010. The monoisotopic (exact) mass is 445 g/mol. The van der Waals surface area contributed by atoms with E-state index in [1.807, 2.05) is 0 Å². The number of halogens is 6. The van der Waals surface area contributed by atoms with Crippen molar-refractivity contribution < 1.29 is 31.1 Å². The van der Waals surface area contributed by atoms with Gasteiger partial charge in [0.25, 0.3) is 5.91 Å². The summed E-state index contributed by atoms with van der Waals surface area (Å²) in [7, 11) is 0. The van der Waals surface area contributed by atoms with Crippen molar-refractivity contribution in [2.45, 2.75) is 18.5 Å². The first-order valence-electron chi connectivity index (χ1n) is 8.48. The molecule has 2 N–H and O–H groups in total. The Morgan fingerprint density at radius 3 is 2.32 bits per heavy atom. The average Bonchev–Trinajstić information content (AvgIpc) is 3.19. The maximum Gasteiger partial charge on any atom is 0.416 e. The second-order valence-corrected chi connectivity index (χ2v) is 6.12. The predicted octanol–water partition coefficient (Wildman–Crippen LogP) is 2.56. The molecule has 1 aromatic heterocycles. The van der Waals surface area contributed by atoms with Crippen LogP contribution in [0.25, 0.3) is 17.6 Å². The summed E-state index contributed by atoms with van der Waals surface area (Å²) in [4.78, 5) is 23.4. The summed E-state index contributed by atoms with van der Waals surface area (Å²) in [6, 6.07) is 1.05. The lowest BCUT2D eigenvalue weighted by molar-refractivity contribution is -0.143. The predicted molar refractivity (Wildman–Crippen MR) is 97.7 cm³/mol. The van der Waals surface area contributed by atoms with E-state index in [1.54, 1.807) is 0 Å². The Labute approximate surface area is 170 Å². The molecule has 2 heterocycles. The van der Waals surface area contributed by atoms with Gasteiger partial charge in [-0.2, -0.15) is 26.3 Å². The number of alkyl halides is 6. The van der Waals surface area contributed by atoms with Crippen LogP contribution in [0.4, 0.5) is 26.3 Å². The van der Waals surface area contributed by atoms with E-state index >= 15 is 0 Å². The SMILES string of the molecule is O=C(/C=C/n1cnc(-c2cc(C(F)(F)F)cc(C(F)(F)F)c2)n1)NNC1CN=CC=N1. The molecule has 0 saturated heterocycles. The minimum Gasteiger partial charge on any atom is -0.288 e. The highest BCUT2D eigenvalue weighted by atomic mass is 19.4. The molecular formula is C17H13F6N7O. The highest BCUT2D eigenvalue weighted by molar-refractivity contribution is 6.16. The zero-order valence-corrected chi connectivity index (χ0v) is 15.3. The Kier molecular flexibility index (Phi) is 6.19. The molecule has 1 unspecified atom stereocenters. The molecule has 164 valence electrons. The fraction of sp³-hybridized carbons (Fsp3) is 0.235. The molecule has 3 rings (SSSR count). The van der Waals surface area contributed by atoms with Crippen LogP contribution in [0.5, 0.6) is 0 Å². The molecular weight excluding hydrogens is 432 g/mol. The van der Waals surface area contributed by atoms with Gasteiger partial charge in [0.1, 0.15) is 12.5 Å². The van der Waals surface area contributed by atoms with Gasteiger partial charge < -0.3 is 0 Å². The third-order valence-electron chi connectivity index (χ3n) is 3.81. The van der Waals surface area contributed by atoms with Crippen LogP contribution in [0.1, 0.15) is 11.1 Å². The number of carbonyl (C=O) groups is 1. The Morgan fingerprint density at radius 1 is 1.06 bits per heavy atom. The van der Waals surface area contributed by atoms with Gasteiger partial charge in [-0.15, -0.1) is 5.10 Å². The van der Waals surface area contributed by atoms with E-state index < -0.39 is 41.1 Å². The summed E-state index contributed by atoms with van der Waals surface area (Å²) in [5.74, 6) is -0.991. The Hall–Kier alpha value is -3.55. The minimum atomic E-state index is -4.99. The van der Waals surface area contributed by atoms with Crippen LogP contribution in [0.15, 0.2) is 40.6 Å². The molecule has 8 nitrogen and oxygen atoms in total. The molecule has 14 heteroatoms. The molecule has 0 bridgehead atoms. The van der Waals surface area contributed by atoms with Crippen molar-refractivity contribution in [2.75, 3.05) is 6.54 Å². The van der Waals surface area contributed by atoms with Crippen molar-refractivity contribution in [1.29, 1.82) is 0 Å². The summed E-state index contributed by atoms with van der Waals surface area (Å²) < 4.78 is 78.9. The summed E-state index contributed by atoms with van der Waals surface area (Å²) in [6.07, 6.45) is -4.29. The summed E-state index contributed by atoms with van der Waals surface area (Å²) in [5.41, 5.74) is 1.50. The second-order valence-electron chi connectivity index (χ2n) is 6.12. The molecule has 0 saturated carbocycles. The van der Waals surface area contributed by atoms with Crippen LogP contribution < -0.4 is 10.9 Å². The van der Waals surface area contributed by atoms with Crippen molar-refractivity contribution in [3.05, 3.63) is 41.7 Å². The number of rotatable bonds is 5. The lowest BCUT2D eigenvalue weighted by Gasteiger charge is -2.13. The van der Waals surface area contributed by atoms with Gasteiger partial charge in [-0.1, -0.05) is 0 Å². The molecule has 0 spiro atoms. The first-order valence-corrected chi connectivity index (χ1v) is 8.48. The minimum absolute atomic E-state index is 0.0133. The van der Waals surface area contributed by atoms with Crippen LogP contribution in [0.2, 0.25) is 0 Å². The standard InChI is InChI=1S/C17H13F6N7O/c18-16(19,20)11-5-10(6-12(7-11)17(21,22)23)15-26-9-30(29-15)4-1-14(31)28-27-13-8-24-2-3-25-13/h1-7,9,13,27H,8H2,(H,28,31)/b4-1+. The van der Waals surface area contributed by atoms with Gasteiger partial charge in [-0.3, -0.25) is 20.2 Å². The normalized spacial score (nSPS) is 16.8. The van der Waals surface area contributed by atoms with Gasteiger partial charge in [0.05, 0.1) is 17.7 Å². The fourth-order valence-corrected chi connectivity index (χ4v) is 2.38. The third-order valence-corrected chi connectivity index (χ3v) is 3.81. The van der Waals surface area contributed by atoms with Crippen LogP contribution >= 0.6 is 0 Å². The molecule has 0 radical (unpaired) electrons. The highest BCUT2D eigenvalue weighted by Gasteiger charge is 2.37. The van der Waals surface area contributed by atoms with Crippen molar-refractivity contribution in [1.82, 2.24) is 25.6 Å². The number of carbonyl (C=O) groups excluding carboxylic acids is 1.